The predicted octanol–water partition coefficient (Wildman–Crippen LogP) is 3.47. The van der Waals surface area contributed by atoms with Crippen LogP contribution in [0.15, 0.2) is 35.7 Å². The summed E-state index contributed by atoms with van der Waals surface area (Å²) in [6.07, 6.45) is 0. The van der Waals surface area contributed by atoms with E-state index in [1.807, 2.05) is 11.3 Å². The van der Waals surface area contributed by atoms with Crippen LogP contribution in [0.25, 0.3) is 10.4 Å². The average molecular weight is 286 g/mol. The topological polar surface area (TPSA) is 6.48 Å². The van der Waals surface area contributed by atoms with Gasteiger partial charge < -0.3 is 4.90 Å². The number of nitrogens with zero attached hydrogens (tertiary/aromatic N) is 2. The molecule has 3 rings (SSSR count). The van der Waals surface area contributed by atoms with Gasteiger partial charge in [0, 0.05) is 37.6 Å². The standard InChI is InChI=1S/C17H22N2S/c1-14-12-15(13-19-9-7-18(2)8-10-19)5-6-16(14)17-4-3-11-20-17/h3-6,11-12H,7-10,13H2,1-2H3. The molecule has 0 amide bonds. The van der Waals surface area contributed by atoms with Gasteiger partial charge in [0.15, 0.2) is 0 Å². The molecule has 2 nitrogen and oxygen atoms in total. The van der Waals surface area contributed by atoms with E-state index in [0.717, 1.165) is 6.54 Å². The van der Waals surface area contributed by atoms with Crippen LogP contribution < -0.4 is 0 Å². The zero-order chi connectivity index (χ0) is 13.9. The van der Waals surface area contributed by atoms with Crippen molar-refractivity contribution in [2.45, 2.75) is 13.5 Å². The Morgan fingerprint density at radius 2 is 1.90 bits per heavy atom. The quantitative estimate of drug-likeness (QED) is 0.852. The fraction of sp³-hybridized carbons (Fsp3) is 0.412. The van der Waals surface area contributed by atoms with E-state index in [1.165, 1.54) is 47.7 Å². The van der Waals surface area contributed by atoms with Crippen molar-refractivity contribution >= 4 is 11.3 Å². The number of hydrogen-bond donors (Lipinski definition) is 0. The first-order valence-electron chi connectivity index (χ1n) is 7.27. The first kappa shape index (κ1) is 13.8. The van der Waals surface area contributed by atoms with E-state index in [4.69, 9.17) is 0 Å². The summed E-state index contributed by atoms with van der Waals surface area (Å²) < 4.78 is 0. The zero-order valence-corrected chi connectivity index (χ0v) is 13.1. The van der Waals surface area contributed by atoms with Gasteiger partial charge in [-0.2, -0.15) is 0 Å². The van der Waals surface area contributed by atoms with Crippen molar-refractivity contribution in [2.24, 2.45) is 0 Å². The summed E-state index contributed by atoms with van der Waals surface area (Å²) in [7, 11) is 2.21. The molecule has 1 aliphatic rings. The molecule has 0 bridgehead atoms. The van der Waals surface area contributed by atoms with Gasteiger partial charge in [-0.15, -0.1) is 11.3 Å². The lowest BCUT2D eigenvalue weighted by Gasteiger charge is -2.32. The molecule has 1 fully saturated rings. The van der Waals surface area contributed by atoms with Crippen LogP contribution in [0.5, 0.6) is 0 Å². The van der Waals surface area contributed by atoms with E-state index in [0.29, 0.717) is 0 Å². The van der Waals surface area contributed by atoms with E-state index in [-0.39, 0.29) is 0 Å². The number of likely N-dealkylation sites (N-methyl/N-ethyl adjacent to an activating group) is 1. The Bertz CT molecular complexity index is 554. The summed E-state index contributed by atoms with van der Waals surface area (Å²) >= 11 is 1.82. The number of thiophene rings is 1. The number of benzene rings is 1. The highest BCUT2D eigenvalue weighted by Gasteiger charge is 2.14. The van der Waals surface area contributed by atoms with Crippen molar-refractivity contribution in [3.05, 3.63) is 46.8 Å². The summed E-state index contributed by atoms with van der Waals surface area (Å²) in [4.78, 5) is 6.33. The van der Waals surface area contributed by atoms with Crippen LogP contribution >= 0.6 is 11.3 Å². The maximum absolute atomic E-state index is 2.56. The average Bonchev–Trinajstić information content (AvgIpc) is 2.95. The van der Waals surface area contributed by atoms with Crippen molar-refractivity contribution in [1.29, 1.82) is 0 Å². The number of aryl methyl sites for hydroxylation is 1. The Morgan fingerprint density at radius 3 is 2.55 bits per heavy atom. The maximum Gasteiger partial charge on any atom is 0.0345 e. The molecule has 2 heterocycles. The monoisotopic (exact) mass is 286 g/mol. The summed E-state index contributed by atoms with van der Waals surface area (Å²) in [5.74, 6) is 0. The van der Waals surface area contributed by atoms with E-state index >= 15 is 0 Å². The molecule has 0 unspecified atom stereocenters. The largest absolute Gasteiger partial charge is 0.304 e. The minimum Gasteiger partial charge on any atom is -0.304 e. The van der Waals surface area contributed by atoms with Gasteiger partial charge in [0.25, 0.3) is 0 Å². The van der Waals surface area contributed by atoms with Crippen LogP contribution in [0.2, 0.25) is 0 Å². The van der Waals surface area contributed by atoms with Crippen LogP contribution in [0, 0.1) is 6.92 Å². The fourth-order valence-electron chi connectivity index (χ4n) is 2.80. The van der Waals surface area contributed by atoms with Crippen molar-refractivity contribution in [1.82, 2.24) is 9.80 Å². The van der Waals surface area contributed by atoms with Crippen LogP contribution in [0.4, 0.5) is 0 Å². The van der Waals surface area contributed by atoms with Gasteiger partial charge in [0.05, 0.1) is 0 Å². The minimum absolute atomic E-state index is 1.08. The number of hydrogen-bond acceptors (Lipinski definition) is 3. The van der Waals surface area contributed by atoms with Crippen molar-refractivity contribution < 1.29 is 0 Å². The summed E-state index contributed by atoms with van der Waals surface area (Å²) in [6, 6.07) is 11.3. The lowest BCUT2D eigenvalue weighted by atomic mass is 10.0. The van der Waals surface area contributed by atoms with Crippen molar-refractivity contribution in [3.8, 4) is 10.4 Å². The van der Waals surface area contributed by atoms with Crippen LogP contribution in [-0.2, 0) is 6.54 Å². The third-order valence-corrected chi connectivity index (χ3v) is 4.98. The second-order valence-corrected chi connectivity index (χ2v) is 6.65. The van der Waals surface area contributed by atoms with Gasteiger partial charge in [-0.05, 0) is 42.1 Å². The van der Waals surface area contributed by atoms with Gasteiger partial charge in [0.2, 0.25) is 0 Å². The van der Waals surface area contributed by atoms with Gasteiger partial charge >= 0.3 is 0 Å². The molecule has 1 aromatic heterocycles. The SMILES string of the molecule is Cc1cc(CN2CCN(C)CC2)ccc1-c1cccs1. The highest BCUT2D eigenvalue weighted by molar-refractivity contribution is 7.13. The Labute approximate surface area is 125 Å². The summed E-state index contributed by atoms with van der Waals surface area (Å²) in [6.45, 7) is 8.05. The molecule has 2 aromatic rings. The molecule has 0 saturated carbocycles. The van der Waals surface area contributed by atoms with Crippen LogP contribution in [0.1, 0.15) is 11.1 Å². The van der Waals surface area contributed by atoms with E-state index in [9.17, 15) is 0 Å². The molecular weight excluding hydrogens is 264 g/mol. The van der Waals surface area contributed by atoms with Gasteiger partial charge in [-0.3, -0.25) is 4.90 Å². The summed E-state index contributed by atoms with van der Waals surface area (Å²) in [5.41, 5.74) is 4.20. The molecule has 0 N–H and O–H groups in total. The molecule has 0 spiro atoms. The van der Waals surface area contributed by atoms with Gasteiger partial charge in [-0.25, -0.2) is 0 Å². The van der Waals surface area contributed by atoms with E-state index in [1.54, 1.807) is 0 Å². The third kappa shape index (κ3) is 3.11. The third-order valence-electron chi connectivity index (χ3n) is 4.08. The minimum atomic E-state index is 1.08. The lowest BCUT2D eigenvalue weighted by Crippen LogP contribution is -2.43. The number of piperazine rings is 1. The Hall–Kier alpha value is -1.16. The van der Waals surface area contributed by atoms with Crippen LogP contribution in [-0.4, -0.2) is 43.0 Å². The smallest absolute Gasteiger partial charge is 0.0345 e. The first-order chi connectivity index (χ1) is 9.72. The second-order valence-electron chi connectivity index (χ2n) is 5.71. The molecule has 0 atom stereocenters. The van der Waals surface area contributed by atoms with Crippen molar-refractivity contribution in [2.75, 3.05) is 33.2 Å². The molecule has 0 radical (unpaired) electrons. The normalized spacial score (nSPS) is 17.5. The molecule has 1 aromatic carbocycles. The zero-order valence-electron chi connectivity index (χ0n) is 12.3. The molecule has 1 saturated heterocycles. The van der Waals surface area contributed by atoms with Gasteiger partial charge in [-0.1, -0.05) is 24.3 Å². The fourth-order valence-corrected chi connectivity index (χ4v) is 3.61. The Balaban J connectivity index is 1.71. The maximum atomic E-state index is 2.56. The molecule has 20 heavy (non-hydrogen) atoms. The van der Waals surface area contributed by atoms with Crippen LogP contribution in [0.3, 0.4) is 0 Å². The Morgan fingerprint density at radius 1 is 1.10 bits per heavy atom. The molecule has 1 aliphatic heterocycles. The molecule has 0 aliphatic carbocycles. The van der Waals surface area contributed by atoms with E-state index in [2.05, 4.69) is 59.5 Å². The lowest BCUT2D eigenvalue weighted by molar-refractivity contribution is 0.148. The highest BCUT2D eigenvalue weighted by atomic mass is 32.1. The molecular formula is C17H22N2S. The summed E-state index contributed by atoms with van der Waals surface area (Å²) in [5, 5.41) is 2.15. The molecule has 106 valence electrons. The highest BCUT2D eigenvalue weighted by Crippen LogP contribution is 2.28. The predicted molar refractivity (Wildman–Crippen MR) is 87.3 cm³/mol. The molecule has 3 heteroatoms. The van der Waals surface area contributed by atoms with Crippen molar-refractivity contribution in [3.63, 3.8) is 0 Å². The van der Waals surface area contributed by atoms with E-state index < -0.39 is 0 Å². The first-order valence-corrected chi connectivity index (χ1v) is 8.14. The second kappa shape index (κ2) is 6.08. The Kier molecular flexibility index (Phi) is 4.20. The van der Waals surface area contributed by atoms with Gasteiger partial charge in [0.1, 0.15) is 0 Å². The number of rotatable bonds is 3.